The second kappa shape index (κ2) is 10.0. The first-order valence-corrected chi connectivity index (χ1v) is 7.91. The zero-order chi connectivity index (χ0) is 20.4. The van der Waals surface area contributed by atoms with Gasteiger partial charge in [0, 0.05) is 0 Å². The molecule has 13 nitrogen and oxygen atoms in total. The highest BCUT2D eigenvalue weighted by atomic mass is 15.3. The van der Waals surface area contributed by atoms with Crippen molar-refractivity contribution in [2.24, 2.45) is 42.1 Å². The zero-order valence-electron chi connectivity index (χ0n) is 14.6. The van der Waals surface area contributed by atoms with Gasteiger partial charge in [-0.1, -0.05) is 24.3 Å². The molecule has 2 aliphatic carbocycles. The number of nitrogens with two attached hydrogens (primary N) is 2. The van der Waals surface area contributed by atoms with Crippen LogP contribution in [-0.2, 0) is 0 Å². The molecule has 144 valence electrons. The van der Waals surface area contributed by atoms with E-state index < -0.39 is 0 Å². The molecule has 0 fully saturated rings. The molecule has 0 aliphatic heterocycles. The van der Waals surface area contributed by atoms with E-state index in [2.05, 4.69) is 41.5 Å². The molecule has 0 bridgehead atoms. The lowest BCUT2D eigenvalue weighted by molar-refractivity contribution is 0.898. The number of allylic oxidation sites excluding steroid dienone is 4. The van der Waals surface area contributed by atoms with Crippen molar-refractivity contribution in [3.63, 3.8) is 0 Å². The fraction of sp³-hybridized carbons (Fsp3) is 0.133. The van der Waals surface area contributed by atoms with Crippen LogP contribution in [0.3, 0.4) is 0 Å². The van der Waals surface area contributed by atoms with Crippen LogP contribution >= 0.6 is 0 Å². The third kappa shape index (κ3) is 7.30. The summed E-state index contributed by atoms with van der Waals surface area (Å²) < 4.78 is 0. The molecule has 0 aromatic carbocycles. The van der Waals surface area contributed by atoms with E-state index in [4.69, 9.17) is 27.7 Å². The van der Waals surface area contributed by atoms with Gasteiger partial charge < -0.3 is 11.5 Å². The van der Waals surface area contributed by atoms with Crippen molar-refractivity contribution in [3.8, 4) is 0 Å². The van der Waals surface area contributed by atoms with E-state index in [1.54, 1.807) is 48.6 Å². The molecular weight excluding hydrogens is 362 g/mol. The number of azo groups is 2. The molecule has 0 saturated carbocycles. The third-order valence-electron chi connectivity index (χ3n) is 3.04. The summed E-state index contributed by atoms with van der Waals surface area (Å²) in [5.41, 5.74) is 16.1. The second-order valence-corrected chi connectivity index (χ2v) is 5.30. The summed E-state index contributed by atoms with van der Waals surface area (Å²) in [5.74, 6) is -0.846. The van der Waals surface area contributed by atoms with E-state index in [0.717, 1.165) is 0 Å². The van der Waals surface area contributed by atoms with Crippen LogP contribution in [-0.4, -0.2) is 41.4 Å². The summed E-state index contributed by atoms with van der Waals surface area (Å²) in [7, 11) is 0. The Bertz CT molecular complexity index is 766. The normalized spacial score (nSPS) is 20.6. The van der Waals surface area contributed by atoms with E-state index in [0.29, 0.717) is 11.4 Å². The Balaban J connectivity index is 1.82. The van der Waals surface area contributed by atoms with Crippen molar-refractivity contribution in [1.29, 1.82) is 16.2 Å². The summed E-state index contributed by atoms with van der Waals surface area (Å²) in [6.45, 7) is 0. The number of hydrogen-bond donors (Lipinski definition) is 7. The predicted octanol–water partition coefficient (Wildman–Crippen LogP) is 0.493. The smallest absolute Gasteiger partial charge is 0.279 e. The topological polar surface area (TPSA) is 222 Å². The van der Waals surface area contributed by atoms with Crippen LogP contribution in [0, 0.1) is 16.2 Å². The highest BCUT2D eigenvalue weighted by molar-refractivity contribution is 6.05. The summed E-state index contributed by atoms with van der Waals surface area (Å²) >= 11 is 0. The van der Waals surface area contributed by atoms with Gasteiger partial charge >= 0.3 is 0 Å². The van der Waals surface area contributed by atoms with Gasteiger partial charge in [-0.3, -0.25) is 16.2 Å². The first kappa shape index (κ1) is 20.0. The largest absolute Gasteiger partial charge is 0.369 e. The highest BCUT2D eigenvalue weighted by Gasteiger charge is 2.06. The van der Waals surface area contributed by atoms with Crippen LogP contribution in [0.15, 0.2) is 79.3 Å². The molecule has 2 rings (SSSR count). The van der Waals surface area contributed by atoms with Gasteiger partial charge in [-0.05, 0) is 24.3 Å². The zero-order valence-corrected chi connectivity index (χ0v) is 14.6. The molecule has 0 amide bonds. The maximum absolute atomic E-state index is 7.67. The summed E-state index contributed by atoms with van der Waals surface area (Å²) in [4.78, 5) is 0. The number of hydrazone groups is 2. The van der Waals surface area contributed by atoms with Crippen molar-refractivity contribution in [2.45, 2.75) is 12.1 Å². The van der Waals surface area contributed by atoms with Crippen LogP contribution in [0.1, 0.15) is 0 Å². The monoisotopic (exact) mass is 381 g/mol. The van der Waals surface area contributed by atoms with Crippen molar-refractivity contribution >= 4 is 29.3 Å². The Morgan fingerprint density at radius 2 is 1.07 bits per heavy atom. The van der Waals surface area contributed by atoms with Gasteiger partial charge in [0.15, 0.2) is 0 Å². The van der Waals surface area contributed by atoms with Gasteiger partial charge in [0.05, 0.1) is 11.4 Å². The first-order chi connectivity index (χ1) is 13.4. The minimum Gasteiger partial charge on any atom is -0.369 e. The van der Waals surface area contributed by atoms with E-state index >= 15 is 0 Å². The maximum Gasteiger partial charge on any atom is 0.279 e. The Morgan fingerprint density at radius 1 is 0.714 bits per heavy atom. The Labute approximate surface area is 160 Å². The van der Waals surface area contributed by atoms with Crippen LogP contribution in [0.2, 0.25) is 0 Å². The second-order valence-electron chi connectivity index (χ2n) is 5.30. The van der Waals surface area contributed by atoms with Crippen LogP contribution < -0.4 is 22.3 Å². The SMILES string of the molecule is N=C(/N=N/C1C=CC(=NNC(=N)N)C=C1)/N=N/C1C=CC(=NNC(=N)N)C=C1. The van der Waals surface area contributed by atoms with Gasteiger partial charge in [-0.15, -0.1) is 10.2 Å². The van der Waals surface area contributed by atoms with Gasteiger partial charge in [-0.2, -0.15) is 20.4 Å². The number of nitrogens with one attached hydrogen (secondary N) is 5. The first-order valence-electron chi connectivity index (χ1n) is 7.91. The predicted molar refractivity (Wildman–Crippen MR) is 107 cm³/mol. The van der Waals surface area contributed by atoms with E-state index in [-0.39, 0.29) is 30.0 Å². The molecular formula is C15H19N13. The average molecular weight is 381 g/mol. The average Bonchev–Trinajstić information content (AvgIpc) is 2.69. The molecule has 9 N–H and O–H groups in total. The molecule has 0 aromatic rings. The molecule has 0 unspecified atom stereocenters. The third-order valence-corrected chi connectivity index (χ3v) is 3.04. The van der Waals surface area contributed by atoms with Gasteiger partial charge in [0.25, 0.3) is 5.96 Å². The fourth-order valence-corrected chi connectivity index (χ4v) is 1.84. The summed E-state index contributed by atoms with van der Waals surface area (Å²) in [6, 6.07) is -0.706. The summed E-state index contributed by atoms with van der Waals surface area (Å²) in [5, 5.41) is 44.8. The summed E-state index contributed by atoms with van der Waals surface area (Å²) in [6.07, 6.45) is 13.6. The van der Waals surface area contributed by atoms with Crippen molar-refractivity contribution in [1.82, 2.24) is 10.9 Å². The molecule has 0 aromatic heterocycles. The number of guanidine groups is 3. The van der Waals surface area contributed by atoms with Crippen molar-refractivity contribution < 1.29 is 0 Å². The van der Waals surface area contributed by atoms with Crippen LogP contribution in [0.25, 0.3) is 0 Å². The van der Waals surface area contributed by atoms with E-state index in [1.165, 1.54) is 0 Å². The van der Waals surface area contributed by atoms with E-state index in [1.807, 2.05) is 0 Å². The quantitative estimate of drug-likeness (QED) is 0.160. The lowest BCUT2D eigenvalue weighted by atomic mass is 10.1. The number of rotatable bonds is 4. The van der Waals surface area contributed by atoms with Gasteiger partial charge in [-0.25, -0.2) is 10.9 Å². The molecule has 28 heavy (non-hydrogen) atoms. The number of nitrogens with zero attached hydrogens (tertiary/aromatic N) is 6. The Morgan fingerprint density at radius 3 is 1.39 bits per heavy atom. The molecule has 0 heterocycles. The maximum atomic E-state index is 7.67. The van der Waals surface area contributed by atoms with Gasteiger partial charge in [0.1, 0.15) is 12.1 Å². The Kier molecular flexibility index (Phi) is 7.16. The van der Waals surface area contributed by atoms with Crippen molar-refractivity contribution in [2.75, 3.05) is 0 Å². The number of hydrogen-bond acceptors (Lipinski definition) is 7. The van der Waals surface area contributed by atoms with Crippen LogP contribution in [0.4, 0.5) is 0 Å². The van der Waals surface area contributed by atoms with Crippen LogP contribution in [0.5, 0.6) is 0 Å². The molecule has 0 atom stereocenters. The molecule has 0 radical (unpaired) electrons. The fourth-order valence-electron chi connectivity index (χ4n) is 1.84. The van der Waals surface area contributed by atoms with E-state index in [9.17, 15) is 0 Å². The molecule has 13 heteroatoms. The lowest BCUT2D eigenvalue weighted by Crippen LogP contribution is -2.26. The Hall–Kier alpha value is -4.29. The molecule has 2 aliphatic rings. The lowest BCUT2D eigenvalue weighted by Gasteiger charge is -2.06. The molecule has 0 spiro atoms. The minimum atomic E-state index is -0.353. The minimum absolute atomic E-state index is 0.256. The standard InChI is InChI=1S/C15H19N13/c16-13(17)25-21-9-1-5-11(6-2-9)23-27-15(20)28-24-12-7-3-10(4-8-12)22-26-14(18)19/h1-8,11-12,20H,(H4,16,17,25)(H4,18,19,26)/b20-15?,21-9?,22-10?,27-23+,28-24+. The highest BCUT2D eigenvalue weighted by Crippen LogP contribution is 2.07. The molecule has 0 saturated heterocycles. The van der Waals surface area contributed by atoms with Gasteiger partial charge in [0.2, 0.25) is 11.9 Å². The van der Waals surface area contributed by atoms with Crippen molar-refractivity contribution in [3.05, 3.63) is 48.6 Å².